The predicted molar refractivity (Wildman–Crippen MR) is 105 cm³/mol. The quantitative estimate of drug-likeness (QED) is 0.499. The van der Waals surface area contributed by atoms with E-state index < -0.39 is 17.7 Å². The van der Waals surface area contributed by atoms with E-state index in [1.807, 2.05) is 0 Å². The van der Waals surface area contributed by atoms with Gasteiger partial charge in [0.05, 0.1) is 23.3 Å². The molecule has 3 nitrogen and oxygen atoms in total. The first-order valence-corrected chi connectivity index (χ1v) is 9.79. The molecule has 29 heavy (non-hydrogen) atoms. The third-order valence-corrected chi connectivity index (χ3v) is 5.57. The van der Waals surface area contributed by atoms with E-state index in [4.69, 9.17) is 21.1 Å². The first kappa shape index (κ1) is 21.5. The van der Waals surface area contributed by atoms with Crippen molar-refractivity contribution in [1.82, 2.24) is 0 Å². The fourth-order valence-corrected chi connectivity index (χ4v) is 4.19. The first-order valence-electron chi connectivity index (χ1n) is 9.42. The van der Waals surface area contributed by atoms with Crippen LogP contribution in [0.1, 0.15) is 64.2 Å². The minimum atomic E-state index is -4.41. The summed E-state index contributed by atoms with van der Waals surface area (Å²) >= 11 is 6.14. The Morgan fingerprint density at radius 2 is 1.86 bits per heavy atom. The van der Waals surface area contributed by atoms with Gasteiger partial charge in [-0.25, -0.2) is 4.79 Å². The molecule has 0 N–H and O–H groups in total. The van der Waals surface area contributed by atoms with Crippen molar-refractivity contribution < 1.29 is 27.4 Å². The van der Waals surface area contributed by atoms with Crippen molar-refractivity contribution >= 4 is 17.6 Å². The summed E-state index contributed by atoms with van der Waals surface area (Å²) in [4.78, 5) is 11.8. The summed E-state index contributed by atoms with van der Waals surface area (Å²) in [5.41, 5.74) is 1.01. The number of hydrogen-bond acceptors (Lipinski definition) is 3. The Hall–Kier alpha value is -2.21. The number of benzene rings is 2. The number of carbonyl (C=O) groups excluding carboxylic acids is 1. The minimum Gasteiger partial charge on any atom is -0.489 e. The smallest absolute Gasteiger partial charge is 0.416 e. The van der Waals surface area contributed by atoms with Crippen LogP contribution in [-0.4, -0.2) is 13.1 Å². The molecule has 0 unspecified atom stereocenters. The van der Waals surface area contributed by atoms with Gasteiger partial charge in [0.25, 0.3) is 0 Å². The van der Waals surface area contributed by atoms with Gasteiger partial charge in [-0.15, -0.1) is 0 Å². The van der Waals surface area contributed by atoms with Crippen LogP contribution >= 0.6 is 11.6 Å². The molecular weight excluding hydrogens is 405 g/mol. The number of halogens is 4. The van der Waals surface area contributed by atoms with Crippen LogP contribution in [0, 0.1) is 6.92 Å². The van der Waals surface area contributed by atoms with E-state index in [1.165, 1.54) is 19.2 Å². The zero-order chi connectivity index (χ0) is 21.2. The van der Waals surface area contributed by atoms with Crippen LogP contribution in [0.25, 0.3) is 0 Å². The summed E-state index contributed by atoms with van der Waals surface area (Å²) in [6.07, 6.45) is -0.883. The second-order valence-electron chi connectivity index (χ2n) is 7.28. The highest BCUT2D eigenvalue weighted by molar-refractivity contribution is 6.34. The molecule has 0 bridgehead atoms. The largest absolute Gasteiger partial charge is 0.489 e. The zero-order valence-corrected chi connectivity index (χ0v) is 17.0. The molecule has 7 heteroatoms. The summed E-state index contributed by atoms with van der Waals surface area (Å²) in [6, 6.07) is 7.50. The van der Waals surface area contributed by atoms with Crippen LogP contribution in [0.15, 0.2) is 30.3 Å². The highest BCUT2D eigenvalue weighted by Crippen LogP contribution is 2.42. The molecule has 0 saturated heterocycles. The molecule has 1 aliphatic carbocycles. The van der Waals surface area contributed by atoms with E-state index in [0.717, 1.165) is 25.7 Å². The van der Waals surface area contributed by atoms with Gasteiger partial charge in [-0.1, -0.05) is 36.6 Å². The van der Waals surface area contributed by atoms with Gasteiger partial charge in [0.2, 0.25) is 0 Å². The second kappa shape index (κ2) is 8.66. The van der Waals surface area contributed by atoms with Crippen molar-refractivity contribution in [3.8, 4) is 5.75 Å². The molecule has 0 atom stereocenters. The maximum Gasteiger partial charge on any atom is 0.416 e. The fourth-order valence-electron chi connectivity index (χ4n) is 3.85. The van der Waals surface area contributed by atoms with Crippen molar-refractivity contribution in [3.63, 3.8) is 0 Å². The van der Waals surface area contributed by atoms with Crippen LogP contribution < -0.4 is 4.74 Å². The van der Waals surface area contributed by atoms with E-state index in [0.29, 0.717) is 22.4 Å². The minimum absolute atomic E-state index is 0.0334. The molecule has 0 aromatic heterocycles. The molecule has 1 aliphatic rings. The zero-order valence-electron chi connectivity index (χ0n) is 16.2. The van der Waals surface area contributed by atoms with Crippen LogP contribution in [0.4, 0.5) is 13.2 Å². The van der Waals surface area contributed by atoms with Crippen LogP contribution in [0.3, 0.4) is 0 Å². The number of esters is 1. The SMILES string of the molecule is COC(=O)c1c(C)cc(OCc2ccc(C3CCCC3)c(C(F)(F)F)c2)cc1Cl. The molecule has 1 fully saturated rings. The van der Waals surface area contributed by atoms with Gasteiger partial charge in [0.1, 0.15) is 12.4 Å². The average molecular weight is 427 g/mol. The molecule has 0 radical (unpaired) electrons. The third-order valence-electron chi connectivity index (χ3n) is 5.27. The van der Waals surface area contributed by atoms with Crippen LogP contribution in [-0.2, 0) is 17.5 Å². The van der Waals surface area contributed by atoms with Crippen molar-refractivity contribution in [3.05, 3.63) is 63.2 Å². The highest BCUT2D eigenvalue weighted by Gasteiger charge is 2.36. The van der Waals surface area contributed by atoms with Crippen LogP contribution in [0.2, 0.25) is 5.02 Å². The summed E-state index contributed by atoms with van der Waals surface area (Å²) in [7, 11) is 1.26. The normalized spacial score (nSPS) is 14.8. The van der Waals surface area contributed by atoms with Crippen molar-refractivity contribution in [1.29, 1.82) is 0 Å². The maximum absolute atomic E-state index is 13.6. The van der Waals surface area contributed by atoms with Gasteiger partial charge in [0.15, 0.2) is 0 Å². The van der Waals surface area contributed by atoms with Crippen LogP contribution in [0.5, 0.6) is 5.75 Å². The summed E-state index contributed by atoms with van der Waals surface area (Å²) in [5, 5.41) is 0.166. The molecule has 0 aliphatic heterocycles. The van der Waals surface area contributed by atoms with Crippen molar-refractivity contribution in [2.45, 2.75) is 51.3 Å². The standard InChI is InChI=1S/C22H22ClF3O3/c1-13-9-16(11-19(23)20(13)21(27)28-2)29-12-14-7-8-17(15-5-3-4-6-15)18(10-14)22(24,25)26/h7-11,15H,3-6,12H2,1-2H3. The van der Waals surface area contributed by atoms with E-state index in [9.17, 15) is 18.0 Å². The van der Waals surface area contributed by atoms with Gasteiger partial charge in [0, 0.05) is 0 Å². The summed E-state index contributed by atoms with van der Waals surface area (Å²) in [6.45, 7) is 1.64. The lowest BCUT2D eigenvalue weighted by molar-refractivity contribution is -0.138. The lowest BCUT2D eigenvalue weighted by Gasteiger charge is -2.19. The number of ether oxygens (including phenoxy) is 2. The number of aryl methyl sites for hydroxylation is 1. The molecule has 3 rings (SSSR count). The average Bonchev–Trinajstić information content (AvgIpc) is 3.19. The van der Waals surface area contributed by atoms with Crippen molar-refractivity contribution in [2.75, 3.05) is 7.11 Å². The third kappa shape index (κ3) is 4.86. The Kier molecular flexibility index (Phi) is 6.42. The topological polar surface area (TPSA) is 35.5 Å². The first-order chi connectivity index (χ1) is 13.7. The number of rotatable bonds is 5. The summed E-state index contributed by atoms with van der Waals surface area (Å²) < 4.78 is 51.2. The van der Waals surface area contributed by atoms with E-state index >= 15 is 0 Å². The Labute approximate surface area is 172 Å². The number of alkyl halides is 3. The Morgan fingerprint density at radius 3 is 2.45 bits per heavy atom. The van der Waals surface area contributed by atoms with Crippen molar-refractivity contribution in [2.24, 2.45) is 0 Å². The Bertz CT molecular complexity index is 880. The molecule has 2 aromatic carbocycles. The lowest BCUT2D eigenvalue weighted by atomic mass is 9.91. The predicted octanol–water partition coefficient (Wildman–Crippen LogP) is 6.69. The molecule has 0 amide bonds. The lowest BCUT2D eigenvalue weighted by Crippen LogP contribution is -2.12. The fraction of sp³-hybridized carbons (Fsp3) is 0.409. The van der Waals surface area contributed by atoms with E-state index in [1.54, 1.807) is 25.1 Å². The van der Waals surface area contributed by atoms with Gasteiger partial charge in [-0.2, -0.15) is 13.2 Å². The molecule has 0 heterocycles. The second-order valence-corrected chi connectivity index (χ2v) is 7.69. The van der Waals surface area contributed by atoms with E-state index in [2.05, 4.69) is 0 Å². The van der Waals surface area contributed by atoms with E-state index in [-0.39, 0.29) is 23.1 Å². The number of hydrogen-bond donors (Lipinski definition) is 0. The molecule has 1 saturated carbocycles. The Morgan fingerprint density at radius 1 is 1.17 bits per heavy atom. The Balaban J connectivity index is 1.81. The van der Waals surface area contributed by atoms with Gasteiger partial charge in [-0.05, 0) is 60.6 Å². The molecule has 0 spiro atoms. The van der Waals surface area contributed by atoms with Gasteiger partial charge >= 0.3 is 12.1 Å². The number of carbonyl (C=O) groups is 1. The maximum atomic E-state index is 13.6. The van der Waals surface area contributed by atoms with Gasteiger partial charge in [-0.3, -0.25) is 0 Å². The molecule has 2 aromatic rings. The summed E-state index contributed by atoms with van der Waals surface area (Å²) in [5.74, 6) is -0.223. The monoisotopic (exact) mass is 426 g/mol. The number of methoxy groups -OCH3 is 1. The van der Waals surface area contributed by atoms with Gasteiger partial charge < -0.3 is 9.47 Å². The highest BCUT2D eigenvalue weighted by atomic mass is 35.5. The molecular formula is C22H22ClF3O3. The molecule has 156 valence electrons.